The van der Waals surface area contributed by atoms with E-state index in [1.54, 1.807) is 0 Å². The van der Waals surface area contributed by atoms with Gasteiger partial charge in [0.1, 0.15) is 90.0 Å². The summed E-state index contributed by atoms with van der Waals surface area (Å²) < 4.78 is -1.52. The van der Waals surface area contributed by atoms with Crippen molar-refractivity contribution in [2.75, 3.05) is 45.0 Å². The number of rotatable bonds is 53. The third-order valence-electron chi connectivity index (χ3n) is 17.1. The second-order valence-corrected chi connectivity index (χ2v) is 28.8. The molecule has 0 aliphatic heterocycles. The number of phenols is 2. The van der Waals surface area contributed by atoms with E-state index in [9.17, 15) is 97.5 Å². The van der Waals surface area contributed by atoms with Crippen molar-refractivity contribution in [1.82, 2.24) is 79.8 Å². The summed E-state index contributed by atoms with van der Waals surface area (Å²) in [6.45, 7) is 3.94. The summed E-state index contributed by atoms with van der Waals surface area (Å²) in [5, 5.41) is 102. The van der Waals surface area contributed by atoms with Crippen molar-refractivity contribution in [2.24, 2.45) is 45.9 Å². The number of guanidine groups is 2. The highest BCUT2D eigenvalue weighted by molar-refractivity contribution is 7.81. The predicted molar refractivity (Wildman–Crippen MR) is 423 cm³/mol. The van der Waals surface area contributed by atoms with Crippen molar-refractivity contribution >= 4 is 126 Å². The van der Waals surface area contributed by atoms with Crippen molar-refractivity contribution < 1.29 is 97.5 Å². The first kappa shape index (κ1) is 100.0. The molecule has 0 aliphatic rings. The van der Waals surface area contributed by atoms with Crippen molar-refractivity contribution in [3.05, 3.63) is 59.7 Å². The zero-order valence-corrected chi connectivity index (χ0v) is 65.9. The number of nitrogens with one attached hydrogen (secondary N) is 17. The number of aromatic hydroxyl groups is 2. The maximum Gasteiger partial charge on any atom is 0.326 e. The monoisotopic (exact) mass is 1660 g/mol. The van der Waals surface area contributed by atoms with Gasteiger partial charge >= 0.3 is 12.0 Å². The van der Waals surface area contributed by atoms with E-state index in [-0.39, 0.29) is 115 Å². The van der Waals surface area contributed by atoms with Crippen LogP contribution in [-0.4, -0.2) is 267 Å². The van der Waals surface area contributed by atoms with E-state index >= 15 is 0 Å². The van der Waals surface area contributed by atoms with Crippen molar-refractivity contribution in [1.29, 1.82) is 10.8 Å². The fraction of sp³-hybridized carbons (Fsp3) is 0.574. The minimum absolute atomic E-state index is 0.0347. The van der Waals surface area contributed by atoms with Crippen LogP contribution in [-0.2, 0) is 80.0 Å². The number of carbonyl (C=O) groups is 15. The molecule has 0 bridgehead atoms. The van der Waals surface area contributed by atoms with Crippen LogP contribution in [0.15, 0.2) is 48.5 Å². The summed E-state index contributed by atoms with van der Waals surface area (Å²) in [4.78, 5) is 206. The zero-order chi connectivity index (χ0) is 87.0. The Morgan fingerprint density at radius 2 is 0.730 bits per heavy atom. The number of thiol groups is 2. The molecule has 0 saturated carbocycles. The zero-order valence-electron chi connectivity index (χ0n) is 64.1. The predicted octanol–water partition coefficient (Wildman–Crippen LogP) is -10.6. The molecule has 47 heteroatoms. The summed E-state index contributed by atoms with van der Waals surface area (Å²) in [6.07, 6.45) is -6.53. The Morgan fingerprint density at radius 3 is 1.07 bits per heavy atom. The SMILES string of the molecule is C[C@@H](O)[C@H](N)C(=O)N[C@@H](Cc1ccc(O)cc1)C(=O)N[C@H](C(=O)N[C@@H](CC(N)=O)C(=O)N[C@@H](CCCNC(=N)N)C(=O)N[C@@H](CCN)C(=O)N[C@H](C(=O)N[C@H](CCN)C(=O)N[C@@H](CCCNC(N)=O)C(=O)N[C@@H](CS)C(=O)N[C@@H](CCN)C(=O)N[C@@H](CCCNC(=N)N)C(=O)N[C@@H](Cc1ccc(O)cc1)C(=O)O)[C@@H](C)O)C(C)(C)S. The van der Waals surface area contributed by atoms with Crippen molar-refractivity contribution in [3.63, 3.8) is 0 Å². The van der Waals surface area contributed by atoms with Gasteiger partial charge in [0.2, 0.25) is 76.8 Å². The number of carbonyl (C=O) groups excluding carboxylic acids is 14. The minimum atomic E-state index is -1.97. The normalized spacial score (nSPS) is 15.1. The van der Waals surface area contributed by atoms with Crippen LogP contribution in [0.4, 0.5) is 4.79 Å². The summed E-state index contributed by atoms with van der Waals surface area (Å²) in [5.41, 5.74) is 46.0. The molecule has 0 unspecified atom stereocenters. The number of carboxylic acid groups (broad SMARTS) is 1. The lowest BCUT2D eigenvalue weighted by atomic mass is 9.99. The molecule has 45 nitrogen and oxygen atoms in total. The quantitative estimate of drug-likeness (QED) is 0.0127. The topological polar surface area (TPSA) is 794 Å². The Balaban J connectivity index is 2.47. The van der Waals surface area contributed by atoms with Gasteiger partial charge in [0.25, 0.3) is 0 Å². The molecule has 2 aromatic carbocycles. The number of carboxylic acids is 1. The molecule has 15 atom stereocenters. The highest BCUT2D eigenvalue weighted by atomic mass is 32.1. The molecule has 0 spiro atoms. The molecule has 0 fully saturated rings. The maximum atomic E-state index is 14.4. The molecule has 2 aromatic rings. The van der Waals surface area contributed by atoms with Crippen molar-refractivity contribution in [2.45, 2.75) is 200 Å². The van der Waals surface area contributed by atoms with Gasteiger partial charge in [0, 0.05) is 43.0 Å². The van der Waals surface area contributed by atoms with E-state index in [4.69, 9.17) is 56.7 Å². The van der Waals surface area contributed by atoms with E-state index in [1.807, 2.05) is 0 Å². The lowest BCUT2D eigenvalue weighted by molar-refractivity contribution is -0.142. The number of aliphatic carboxylic acids is 1. The number of aliphatic hydroxyl groups excluding tert-OH is 2. The highest BCUT2D eigenvalue weighted by Crippen LogP contribution is 2.21. The first-order valence-corrected chi connectivity index (χ1v) is 37.5. The second kappa shape index (κ2) is 50.9. The smallest absolute Gasteiger partial charge is 0.326 e. The summed E-state index contributed by atoms with van der Waals surface area (Å²) in [6, 6.07) is -11.5. The number of phenolic OH excluding ortho intramolecular Hbond substituents is 2. The Bertz CT molecular complexity index is 3640. The first-order chi connectivity index (χ1) is 54.0. The van der Waals surface area contributed by atoms with Gasteiger partial charge in [-0.1, -0.05) is 24.3 Å². The number of amides is 15. The van der Waals surface area contributed by atoms with Crippen LogP contribution in [0.1, 0.15) is 103 Å². The highest BCUT2D eigenvalue weighted by Gasteiger charge is 2.41. The van der Waals surface area contributed by atoms with Gasteiger partial charge in [-0.2, -0.15) is 25.3 Å². The maximum absolute atomic E-state index is 14.4. The lowest BCUT2D eigenvalue weighted by Gasteiger charge is -2.33. The van der Waals surface area contributed by atoms with E-state index in [2.05, 4.69) is 105 Å². The van der Waals surface area contributed by atoms with Gasteiger partial charge < -0.3 is 151 Å². The summed E-state index contributed by atoms with van der Waals surface area (Å²) in [5.74, 6) is -17.3. The van der Waals surface area contributed by atoms with Crippen LogP contribution in [0.2, 0.25) is 0 Å². The largest absolute Gasteiger partial charge is 0.508 e. The fourth-order valence-electron chi connectivity index (χ4n) is 10.8. The van der Waals surface area contributed by atoms with E-state index < -0.39 is 215 Å². The van der Waals surface area contributed by atoms with Crippen molar-refractivity contribution in [3.8, 4) is 11.5 Å². The lowest BCUT2D eigenvalue weighted by Crippen LogP contribution is -2.64. The van der Waals surface area contributed by atoms with Crippen LogP contribution in [0.25, 0.3) is 0 Å². The number of hydrogen-bond donors (Lipinski definition) is 32. The van der Waals surface area contributed by atoms with Gasteiger partial charge in [0.15, 0.2) is 11.9 Å². The van der Waals surface area contributed by atoms with Crippen LogP contribution < -0.4 is 126 Å². The molecule has 2 rings (SSSR count). The van der Waals surface area contributed by atoms with E-state index in [0.717, 1.165) is 6.92 Å². The number of benzene rings is 2. The standard InChI is InChI=1S/C68H113N25O20S2/c1-32(94)49(73)61(108)88-44(28-34-11-15-36(96)16-12-34)59(106)93-51(68(3,4)115)63(110)89-45(30-48(72)98)58(105)84-38(8-5-25-79-65(74)75)52(99)85-43(21-24-71)57(104)92-50(33(2)95)62(109)87-42(20-23-70)56(103)83-40(10-7-27-81-67(78)113)54(101)91-47(31-114)60(107)86-41(19-22-69)55(102)82-39(9-6-26-80-66(76)77)53(100)90-46(64(111)112)29-35-13-17-37(97)18-14-35/h11-18,32-33,38-47,49-51,94-97,114-115H,5-10,19-31,69-71,73H2,1-4H3,(H2,72,98)(H,82,102)(H,83,103)(H,84,105)(H,85,99)(H,86,107)(H,87,109)(H,88,108)(H,89,110)(H,90,100)(H,91,101)(H,92,104)(H,93,106)(H,111,112)(H4,74,75,79)(H4,76,77,80)(H3,78,81,113)/t32-,33-,38+,39+,40+,41+,42-,43+,44+,45+,46+,47+,49+,50+,51-/m1/s1. The molecular weight excluding hydrogens is 1550 g/mol. The molecule has 0 radical (unpaired) electrons. The molecule has 15 amide bonds. The third-order valence-corrected chi connectivity index (χ3v) is 17.7. The Labute approximate surface area is 673 Å². The summed E-state index contributed by atoms with van der Waals surface area (Å²) >= 11 is 8.74. The number of primary amides is 2. The molecule has 0 saturated heterocycles. The van der Waals surface area contributed by atoms with Crippen LogP contribution in [0.3, 0.4) is 0 Å². The Kier molecular flexibility index (Phi) is 44.2. The number of nitrogens with two attached hydrogens (primary N) is 8. The number of aliphatic hydroxyl groups is 2. The van der Waals surface area contributed by atoms with E-state index in [0.29, 0.717) is 11.1 Å². The van der Waals surface area contributed by atoms with Gasteiger partial charge in [-0.05, 0) is 141 Å². The minimum Gasteiger partial charge on any atom is -0.508 e. The van der Waals surface area contributed by atoms with Crippen LogP contribution in [0, 0.1) is 10.8 Å². The van der Waals surface area contributed by atoms with E-state index in [1.165, 1.54) is 69.3 Å². The van der Waals surface area contributed by atoms with Crippen LogP contribution >= 0.6 is 25.3 Å². The molecule has 38 N–H and O–H groups in total. The Morgan fingerprint density at radius 1 is 0.417 bits per heavy atom. The second-order valence-electron chi connectivity index (χ2n) is 27.3. The number of hydrogen-bond acceptors (Lipinski definition) is 27. The average molecular weight is 1660 g/mol. The molecule has 0 heterocycles. The summed E-state index contributed by atoms with van der Waals surface area (Å²) in [7, 11) is 0. The van der Waals surface area contributed by atoms with Gasteiger partial charge in [-0.15, -0.1) is 0 Å². The van der Waals surface area contributed by atoms with Gasteiger partial charge in [0.05, 0.1) is 18.6 Å². The molecule has 0 aliphatic carbocycles. The Hall–Kier alpha value is -11.1. The number of urea groups is 1. The first-order valence-electron chi connectivity index (χ1n) is 36.4. The molecule has 642 valence electrons. The fourth-order valence-corrected chi connectivity index (χ4v) is 11.3. The third kappa shape index (κ3) is 37.6. The van der Waals surface area contributed by atoms with Gasteiger partial charge in [-0.3, -0.25) is 73.1 Å². The molecule has 0 aromatic heterocycles. The molecular formula is C68H113N25O20S2. The van der Waals surface area contributed by atoms with Gasteiger partial charge in [-0.25, -0.2) is 9.59 Å². The molecule has 115 heavy (non-hydrogen) atoms. The average Bonchev–Trinajstić information content (AvgIpc) is 0.826. The van der Waals surface area contributed by atoms with Crippen LogP contribution in [0.5, 0.6) is 11.5 Å².